The molecule has 1 aliphatic heterocycles. The van der Waals surface area contributed by atoms with Crippen LogP contribution in [0.25, 0.3) is 0 Å². The van der Waals surface area contributed by atoms with Crippen LogP contribution in [-0.2, 0) is 23.7 Å². The maximum atomic E-state index is 5.43. The number of ether oxygens (including phenoxy) is 1. The van der Waals surface area contributed by atoms with Gasteiger partial charge in [-0.2, -0.15) is 0 Å². The Balaban J connectivity index is 1.55. The molecule has 1 saturated heterocycles. The van der Waals surface area contributed by atoms with E-state index in [1.165, 1.54) is 4.88 Å². The summed E-state index contributed by atoms with van der Waals surface area (Å²) in [5.41, 5.74) is 0.0335. The summed E-state index contributed by atoms with van der Waals surface area (Å²) in [6, 6.07) is 4.30. The van der Waals surface area contributed by atoms with Gasteiger partial charge in [-0.25, -0.2) is 4.99 Å². The molecule has 2 N–H and O–H groups in total. The van der Waals surface area contributed by atoms with Gasteiger partial charge in [-0.15, -0.1) is 21.5 Å². The van der Waals surface area contributed by atoms with Crippen LogP contribution in [0.15, 0.2) is 22.5 Å². The van der Waals surface area contributed by atoms with E-state index in [1.807, 2.05) is 18.5 Å². The van der Waals surface area contributed by atoms with E-state index in [4.69, 9.17) is 9.73 Å². The fourth-order valence-corrected chi connectivity index (χ4v) is 4.15. The van der Waals surface area contributed by atoms with Gasteiger partial charge >= 0.3 is 0 Å². The van der Waals surface area contributed by atoms with E-state index in [0.717, 1.165) is 70.0 Å². The van der Waals surface area contributed by atoms with E-state index in [-0.39, 0.29) is 5.41 Å². The van der Waals surface area contributed by atoms with E-state index in [9.17, 15) is 0 Å². The Kier molecular flexibility index (Phi) is 8.24. The average molecular weight is 434 g/mol. The second kappa shape index (κ2) is 10.9. The number of nitrogens with zero attached hydrogens (tertiary/aromatic N) is 5. The quantitative estimate of drug-likeness (QED) is 0.357. The molecule has 0 atom stereocenters. The number of aromatic nitrogens is 3. The van der Waals surface area contributed by atoms with E-state index >= 15 is 0 Å². The number of nitrogens with one attached hydrogen (secondary N) is 2. The van der Waals surface area contributed by atoms with Gasteiger partial charge in [-0.1, -0.05) is 19.9 Å². The molecular weight excluding hydrogens is 398 g/mol. The monoisotopic (exact) mass is 433 g/mol. The third kappa shape index (κ3) is 6.52. The molecule has 0 saturated carbocycles. The number of hydrogen-bond acceptors (Lipinski definition) is 6. The highest BCUT2D eigenvalue weighted by Crippen LogP contribution is 2.26. The zero-order valence-electron chi connectivity index (χ0n) is 18.6. The lowest BCUT2D eigenvalue weighted by Gasteiger charge is -2.27. The number of rotatable bonds is 9. The second-order valence-corrected chi connectivity index (χ2v) is 9.28. The minimum Gasteiger partial charge on any atom is -0.379 e. The Bertz CT molecular complexity index is 794. The van der Waals surface area contributed by atoms with Gasteiger partial charge in [0.25, 0.3) is 0 Å². The summed E-state index contributed by atoms with van der Waals surface area (Å²) in [6.45, 7) is 13.5. The standard InChI is InChI=1S/C21H35N7OS/c1-17-25-26-19(27(17)4)15-23-20(22-8-6-9-28-10-12-29-13-11-28)24-16-21(2,3)18-7-5-14-30-18/h5,7,14H,6,8-13,15-16H2,1-4H3,(H2,22,23,24). The first-order valence-corrected chi connectivity index (χ1v) is 11.5. The van der Waals surface area contributed by atoms with Gasteiger partial charge in [0.1, 0.15) is 12.4 Å². The molecule has 0 radical (unpaired) electrons. The molecule has 2 aromatic rings. The molecule has 0 amide bonds. The smallest absolute Gasteiger partial charge is 0.191 e. The largest absolute Gasteiger partial charge is 0.379 e. The molecule has 8 nitrogen and oxygen atoms in total. The van der Waals surface area contributed by atoms with Crippen LogP contribution in [0.3, 0.4) is 0 Å². The predicted molar refractivity (Wildman–Crippen MR) is 122 cm³/mol. The first kappa shape index (κ1) is 22.7. The fraction of sp³-hybridized carbons (Fsp3) is 0.667. The van der Waals surface area contributed by atoms with Gasteiger partial charge < -0.3 is 19.9 Å². The highest BCUT2D eigenvalue weighted by atomic mass is 32.1. The van der Waals surface area contributed by atoms with Crippen molar-refractivity contribution in [1.29, 1.82) is 0 Å². The fourth-order valence-electron chi connectivity index (χ4n) is 3.30. The Morgan fingerprint density at radius 1 is 1.27 bits per heavy atom. The number of aryl methyl sites for hydroxylation is 1. The van der Waals surface area contributed by atoms with E-state index in [1.54, 1.807) is 11.3 Å². The normalized spacial score (nSPS) is 16.1. The van der Waals surface area contributed by atoms with Crippen LogP contribution in [0.2, 0.25) is 0 Å². The first-order valence-electron chi connectivity index (χ1n) is 10.7. The predicted octanol–water partition coefficient (Wildman–Crippen LogP) is 1.92. The number of thiophene rings is 1. The van der Waals surface area contributed by atoms with Gasteiger partial charge in [0.05, 0.1) is 13.2 Å². The number of guanidine groups is 1. The Hall–Kier alpha value is -1.97. The van der Waals surface area contributed by atoms with Crippen molar-refractivity contribution in [2.75, 3.05) is 45.9 Å². The maximum Gasteiger partial charge on any atom is 0.191 e. The van der Waals surface area contributed by atoms with Crippen molar-refractivity contribution in [3.8, 4) is 0 Å². The van der Waals surface area contributed by atoms with E-state index < -0.39 is 0 Å². The molecule has 2 aromatic heterocycles. The third-order valence-electron chi connectivity index (χ3n) is 5.49. The Morgan fingerprint density at radius 2 is 2.07 bits per heavy atom. The average Bonchev–Trinajstić information content (AvgIpc) is 3.40. The van der Waals surface area contributed by atoms with Gasteiger partial charge in [0.15, 0.2) is 11.8 Å². The molecule has 3 rings (SSSR count). The highest BCUT2D eigenvalue weighted by Gasteiger charge is 2.22. The topological polar surface area (TPSA) is 79.6 Å². The van der Waals surface area contributed by atoms with Crippen molar-refractivity contribution in [3.05, 3.63) is 34.0 Å². The van der Waals surface area contributed by atoms with Crippen molar-refractivity contribution in [1.82, 2.24) is 30.3 Å². The van der Waals surface area contributed by atoms with Gasteiger partial charge in [-0.05, 0) is 31.3 Å². The first-order chi connectivity index (χ1) is 14.5. The third-order valence-corrected chi connectivity index (χ3v) is 6.73. The molecule has 166 valence electrons. The zero-order valence-corrected chi connectivity index (χ0v) is 19.5. The van der Waals surface area contributed by atoms with Crippen LogP contribution in [0.1, 0.15) is 36.8 Å². The molecule has 9 heteroatoms. The van der Waals surface area contributed by atoms with Gasteiger partial charge in [0.2, 0.25) is 0 Å². The minimum absolute atomic E-state index is 0.0335. The summed E-state index contributed by atoms with van der Waals surface area (Å²) >= 11 is 1.80. The SMILES string of the molecule is Cc1nnc(CN=C(NCCCN2CCOCC2)NCC(C)(C)c2cccs2)n1C. The van der Waals surface area contributed by atoms with Crippen LogP contribution in [0.5, 0.6) is 0 Å². The molecule has 0 unspecified atom stereocenters. The number of morpholine rings is 1. The summed E-state index contributed by atoms with van der Waals surface area (Å²) in [5.74, 6) is 2.58. The second-order valence-electron chi connectivity index (χ2n) is 8.34. The Labute approximate surface area is 183 Å². The van der Waals surface area contributed by atoms with Crippen molar-refractivity contribution in [2.24, 2.45) is 12.0 Å². The summed E-state index contributed by atoms with van der Waals surface area (Å²) in [7, 11) is 1.98. The highest BCUT2D eigenvalue weighted by molar-refractivity contribution is 7.10. The molecular formula is C21H35N7OS. The van der Waals surface area contributed by atoms with E-state index in [2.05, 4.69) is 57.1 Å². The number of aliphatic imine (C=N–C) groups is 1. The summed E-state index contributed by atoms with van der Waals surface area (Å²) in [4.78, 5) is 8.60. The summed E-state index contributed by atoms with van der Waals surface area (Å²) in [5, 5.41) is 17.5. The van der Waals surface area contributed by atoms with Crippen LogP contribution >= 0.6 is 11.3 Å². The molecule has 1 aliphatic rings. The van der Waals surface area contributed by atoms with E-state index in [0.29, 0.717) is 6.54 Å². The van der Waals surface area contributed by atoms with Crippen molar-refractivity contribution in [3.63, 3.8) is 0 Å². The lowest BCUT2D eigenvalue weighted by molar-refractivity contribution is 0.0376. The van der Waals surface area contributed by atoms with Gasteiger partial charge in [0, 0.05) is 43.5 Å². The molecule has 1 fully saturated rings. The molecule has 0 aliphatic carbocycles. The molecule has 0 bridgehead atoms. The van der Waals surface area contributed by atoms with Gasteiger partial charge in [-0.3, -0.25) is 4.90 Å². The molecule has 0 spiro atoms. The van der Waals surface area contributed by atoms with Crippen molar-refractivity contribution in [2.45, 2.75) is 39.2 Å². The number of hydrogen-bond donors (Lipinski definition) is 2. The minimum atomic E-state index is 0.0335. The summed E-state index contributed by atoms with van der Waals surface area (Å²) < 4.78 is 7.41. The van der Waals surface area contributed by atoms with Crippen molar-refractivity contribution >= 4 is 17.3 Å². The lowest BCUT2D eigenvalue weighted by atomic mass is 9.91. The maximum absolute atomic E-state index is 5.43. The van der Waals surface area contributed by atoms with Crippen molar-refractivity contribution < 1.29 is 4.74 Å². The molecule has 0 aromatic carbocycles. The summed E-state index contributed by atoms with van der Waals surface area (Å²) in [6.07, 6.45) is 1.07. The lowest BCUT2D eigenvalue weighted by Crippen LogP contribution is -2.44. The Morgan fingerprint density at radius 3 is 2.73 bits per heavy atom. The van der Waals surface area contributed by atoms with Crippen LogP contribution in [-0.4, -0.2) is 71.6 Å². The van der Waals surface area contributed by atoms with Crippen LogP contribution < -0.4 is 10.6 Å². The van der Waals surface area contributed by atoms with Crippen LogP contribution in [0.4, 0.5) is 0 Å². The zero-order chi connectivity index (χ0) is 21.4. The molecule has 30 heavy (non-hydrogen) atoms. The molecule has 3 heterocycles. The van der Waals surface area contributed by atoms with Crippen LogP contribution in [0, 0.1) is 6.92 Å².